The van der Waals surface area contributed by atoms with Crippen LogP contribution in [0.2, 0.25) is 0 Å². The molecule has 0 aliphatic carbocycles. The Balaban J connectivity index is 1.51. The van der Waals surface area contributed by atoms with E-state index in [4.69, 9.17) is 14.2 Å². The summed E-state index contributed by atoms with van der Waals surface area (Å²) in [7, 11) is 1.32. The van der Waals surface area contributed by atoms with Crippen molar-refractivity contribution in [3.8, 4) is 11.5 Å². The molecule has 1 aliphatic rings. The maximum Gasteiger partial charge on any atom is 0.337 e. The molecule has 4 rings (SSSR count). The lowest BCUT2D eigenvalue weighted by Crippen LogP contribution is -2.41. The summed E-state index contributed by atoms with van der Waals surface area (Å²) in [4.78, 5) is 33.8. The Morgan fingerprint density at radius 1 is 1.27 bits per heavy atom. The smallest absolute Gasteiger partial charge is 0.337 e. The Labute approximate surface area is 173 Å². The van der Waals surface area contributed by atoms with Crippen LogP contribution in [0.15, 0.2) is 47.3 Å². The number of benzene rings is 2. The van der Waals surface area contributed by atoms with Crippen molar-refractivity contribution >= 4 is 16.9 Å². The first-order valence-corrected chi connectivity index (χ1v) is 9.79. The van der Waals surface area contributed by atoms with Crippen LogP contribution in [0.25, 0.3) is 10.9 Å². The minimum Gasteiger partial charge on any atom is -0.486 e. The summed E-state index contributed by atoms with van der Waals surface area (Å²) in [5.41, 5.74) is 0.570. The summed E-state index contributed by atoms with van der Waals surface area (Å²) in [5, 5.41) is 0.426. The van der Waals surface area contributed by atoms with Crippen LogP contribution in [-0.4, -0.2) is 53.7 Å². The van der Waals surface area contributed by atoms with Crippen LogP contribution in [0.5, 0.6) is 11.5 Å². The van der Waals surface area contributed by atoms with Crippen molar-refractivity contribution in [2.24, 2.45) is 0 Å². The third-order valence-corrected chi connectivity index (χ3v) is 5.03. The number of esters is 1. The highest BCUT2D eigenvalue weighted by Crippen LogP contribution is 2.31. The van der Waals surface area contributed by atoms with Crippen LogP contribution >= 0.6 is 0 Å². The number of ether oxygens (including phenoxy) is 3. The van der Waals surface area contributed by atoms with E-state index in [1.54, 1.807) is 18.2 Å². The maximum absolute atomic E-state index is 12.5. The lowest BCUT2D eigenvalue weighted by molar-refractivity contribution is 0.0573. The average molecular weight is 409 g/mol. The van der Waals surface area contributed by atoms with E-state index < -0.39 is 5.97 Å². The Morgan fingerprint density at radius 2 is 2.07 bits per heavy atom. The zero-order valence-electron chi connectivity index (χ0n) is 16.9. The third-order valence-electron chi connectivity index (χ3n) is 5.03. The molecule has 1 aliphatic heterocycles. The topological polar surface area (TPSA) is 93.8 Å². The summed E-state index contributed by atoms with van der Waals surface area (Å²) in [5.74, 6) is 1.54. The van der Waals surface area contributed by atoms with Crippen LogP contribution in [0, 0.1) is 0 Å². The van der Waals surface area contributed by atoms with Gasteiger partial charge in [-0.3, -0.25) is 9.69 Å². The highest BCUT2D eigenvalue weighted by Gasteiger charge is 2.23. The molecule has 8 heteroatoms. The first kappa shape index (κ1) is 19.9. The molecule has 3 aromatic rings. The van der Waals surface area contributed by atoms with E-state index in [2.05, 4.69) is 14.9 Å². The molecular weight excluding hydrogens is 386 g/mol. The number of carbonyl (C=O) groups excluding carboxylic acids is 1. The van der Waals surface area contributed by atoms with Crippen molar-refractivity contribution in [1.82, 2.24) is 14.9 Å². The molecule has 0 saturated heterocycles. The number of hydrogen-bond donors (Lipinski definition) is 1. The van der Waals surface area contributed by atoms with Crippen LogP contribution < -0.4 is 15.0 Å². The molecule has 2 aromatic carbocycles. The fraction of sp³-hybridized carbons (Fsp3) is 0.318. The van der Waals surface area contributed by atoms with Gasteiger partial charge in [0, 0.05) is 6.54 Å². The summed E-state index contributed by atoms with van der Waals surface area (Å²) in [6.07, 6.45) is -0.127. The number of likely N-dealkylation sites (N-methyl/N-ethyl adjacent to an activating group) is 1. The van der Waals surface area contributed by atoms with Gasteiger partial charge in [0.25, 0.3) is 5.56 Å². The molecule has 0 spiro atoms. The fourth-order valence-corrected chi connectivity index (χ4v) is 3.47. The number of hydrogen-bond acceptors (Lipinski definition) is 7. The number of nitrogens with zero attached hydrogens (tertiary/aromatic N) is 2. The van der Waals surface area contributed by atoms with Gasteiger partial charge >= 0.3 is 5.97 Å². The molecule has 0 fully saturated rings. The molecule has 1 N–H and O–H groups in total. The largest absolute Gasteiger partial charge is 0.486 e. The number of aromatic amines is 1. The average Bonchev–Trinajstić information content (AvgIpc) is 2.77. The Hall–Kier alpha value is -3.39. The number of rotatable bonds is 6. The number of H-pyrrole nitrogens is 1. The first-order chi connectivity index (χ1) is 14.6. The highest BCUT2D eigenvalue weighted by atomic mass is 16.6. The van der Waals surface area contributed by atoms with Gasteiger partial charge in [0.2, 0.25) is 0 Å². The van der Waals surface area contributed by atoms with E-state index in [9.17, 15) is 9.59 Å². The van der Waals surface area contributed by atoms with Gasteiger partial charge in [0.15, 0.2) is 11.5 Å². The Kier molecular flexibility index (Phi) is 5.67. The fourth-order valence-electron chi connectivity index (χ4n) is 3.47. The van der Waals surface area contributed by atoms with Crippen molar-refractivity contribution in [3.05, 3.63) is 64.2 Å². The molecule has 156 valence electrons. The second-order valence-electron chi connectivity index (χ2n) is 7.06. The molecule has 0 saturated carbocycles. The number of fused-ring (bicyclic) bond motifs is 2. The second-order valence-corrected chi connectivity index (χ2v) is 7.06. The number of aromatic nitrogens is 2. The number of nitrogens with one attached hydrogen (secondary N) is 1. The van der Waals surface area contributed by atoms with E-state index in [1.165, 1.54) is 7.11 Å². The summed E-state index contributed by atoms with van der Waals surface area (Å²) < 4.78 is 16.6. The highest BCUT2D eigenvalue weighted by molar-refractivity contribution is 5.93. The van der Waals surface area contributed by atoms with E-state index in [-0.39, 0.29) is 11.7 Å². The molecule has 1 atom stereocenters. The third kappa shape index (κ3) is 4.13. The van der Waals surface area contributed by atoms with Crippen molar-refractivity contribution in [2.45, 2.75) is 19.6 Å². The lowest BCUT2D eigenvalue weighted by atomic mass is 10.1. The summed E-state index contributed by atoms with van der Waals surface area (Å²) >= 11 is 0. The molecule has 30 heavy (non-hydrogen) atoms. The van der Waals surface area contributed by atoms with Gasteiger partial charge in [-0.2, -0.15) is 0 Å². The van der Waals surface area contributed by atoms with E-state index in [0.717, 1.165) is 18.0 Å². The van der Waals surface area contributed by atoms with Crippen LogP contribution in [-0.2, 0) is 11.3 Å². The molecule has 0 radical (unpaired) electrons. The number of methoxy groups -OCH3 is 1. The number of para-hydroxylation sites is 2. The minimum atomic E-state index is -0.467. The van der Waals surface area contributed by atoms with Crippen LogP contribution in [0.1, 0.15) is 23.1 Å². The van der Waals surface area contributed by atoms with Gasteiger partial charge in [-0.05, 0) is 36.9 Å². The van der Waals surface area contributed by atoms with Gasteiger partial charge in [0.1, 0.15) is 18.5 Å². The zero-order valence-corrected chi connectivity index (χ0v) is 16.9. The van der Waals surface area contributed by atoms with Gasteiger partial charge in [-0.15, -0.1) is 0 Å². The maximum atomic E-state index is 12.5. The molecule has 1 aromatic heterocycles. The van der Waals surface area contributed by atoms with Gasteiger partial charge in [-0.25, -0.2) is 9.78 Å². The van der Waals surface area contributed by atoms with Crippen LogP contribution in [0.3, 0.4) is 0 Å². The standard InChI is InChI=1S/C22H23N3O5/c1-3-25(11-15-13-29-18-6-4-5-7-19(18)30-15)12-20-23-17-10-14(22(27)28-2)8-9-16(17)21(26)24-20/h4-10,15H,3,11-13H2,1-2H3,(H,23,24,26)/t15-/m1/s1. The van der Waals surface area contributed by atoms with Gasteiger partial charge < -0.3 is 19.2 Å². The molecule has 0 bridgehead atoms. The molecule has 0 amide bonds. The Bertz CT molecular complexity index is 1130. The van der Waals surface area contributed by atoms with Crippen molar-refractivity contribution < 1.29 is 19.0 Å². The van der Waals surface area contributed by atoms with Gasteiger partial charge in [0.05, 0.1) is 30.1 Å². The normalized spacial score (nSPS) is 15.4. The molecular formula is C22H23N3O5. The summed E-state index contributed by atoms with van der Waals surface area (Å²) in [6.45, 7) is 4.29. The summed E-state index contributed by atoms with van der Waals surface area (Å²) in [6, 6.07) is 12.3. The van der Waals surface area contributed by atoms with Gasteiger partial charge in [-0.1, -0.05) is 19.1 Å². The molecule has 0 unspecified atom stereocenters. The monoisotopic (exact) mass is 409 g/mol. The van der Waals surface area contributed by atoms with E-state index in [0.29, 0.717) is 42.0 Å². The van der Waals surface area contributed by atoms with E-state index >= 15 is 0 Å². The zero-order chi connectivity index (χ0) is 21.1. The Morgan fingerprint density at radius 3 is 2.83 bits per heavy atom. The van der Waals surface area contributed by atoms with Crippen LogP contribution in [0.4, 0.5) is 0 Å². The first-order valence-electron chi connectivity index (χ1n) is 9.79. The number of carbonyl (C=O) groups is 1. The quantitative estimate of drug-likeness (QED) is 0.625. The van der Waals surface area contributed by atoms with E-state index in [1.807, 2.05) is 31.2 Å². The predicted octanol–water partition coefficient (Wildman–Crippen LogP) is 2.37. The second kappa shape index (κ2) is 8.54. The lowest BCUT2D eigenvalue weighted by Gasteiger charge is -2.30. The van der Waals surface area contributed by atoms with Crippen molar-refractivity contribution in [2.75, 3.05) is 26.8 Å². The van der Waals surface area contributed by atoms with Crippen molar-refractivity contribution in [3.63, 3.8) is 0 Å². The molecule has 8 nitrogen and oxygen atoms in total. The predicted molar refractivity (Wildman–Crippen MR) is 111 cm³/mol. The SMILES string of the molecule is CCN(Cc1nc2cc(C(=O)OC)ccc2c(=O)[nH]1)C[C@@H]1COc2ccccc2O1. The minimum absolute atomic E-state index is 0.127. The molecule has 2 heterocycles. The van der Waals surface area contributed by atoms with Crippen molar-refractivity contribution in [1.29, 1.82) is 0 Å².